The molecule has 0 saturated carbocycles. The Hall–Kier alpha value is -4.51. The number of hydrogen-bond acceptors (Lipinski definition) is 9. The number of carbonyl (C=O) groups excluding carboxylic acids is 3. The van der Waals surface area contributed by atoms with E-state index in [9.17, 15) is 28.7 Å². The summed E-state index contributed by atoms with van der Waals surface area (Å²) in [4.78, 5) is 69.8. The number of nitrogens with zero attached hydrogens (tertiary/aromatic N) is 7. The number of fused-ring (bicyclic) bond motifs is 1. The van der Waals surface area contributed by atoms with Gasteiger partial charge in [-0.25, -0.2) is 19.2 Å². The normalized spacial score (nSPS) is 13.3. The third-order valence-corrected chi connectivity index (χ3v) is 7.01. The van der Waals surface area contributed by atoms with E-state index in [0.29, 0.717) is 11.4 Å². The van der Waals surface area contributed by atoms with E-state index in [4.69, 9.17) is 9.26 Å². The van der Waals surface area contributed by atoms with Gasteiger partial charge in [-0.1, -0.05) is 18.2 Å². The summed E-state index contributed by atoms with van der Waals surface area (Å²) in [6.07, 6.45) is 3.99. The van der Waals surface area contributed by atoms with E-state index in [2.05, 4.69) is 15.1 Å². The first-order chi connectivity index (χ1) is 19.6. The number of methoxy groups -OCH3 is 1. The van der Waals surface area contributed by atoms with Crippen molar-refractivity contribution >= 4 is 36.3 Å². The van der Waals surface area contributed by atoms with E-state index in [-0.39, 0.29) is 71.1 Å². The van der Waals surface area contributed by atoms with Gasteiger partial charge in [-0.05, 0) is 19.1 Å². The molecule has 1 fully saturated rings. The molecule has 0 atom stereocenters. The summed E-state index contributed by atoms with van der Waals surface area (Å²) in [6.45, 7) is 1.77. The minimum absolute atomic E-state index is 0. The highest BCUT2D eigenvalue weighted by Gasteiger charge is 2.33. The van der Waals surface area contributed by atoms with E-state index in [0.717, 1.165) is 0 Å². The Morgan fingerprint density at radius 2 is 1.65 bits per heavy atom. The number of phosphoric ester groups is 1. The molecule has 0 spiro atoms. The molecule has 2 amide bonds. The molecule has 0 radical (unpaired) electrons. The van der Waals surface area contributed by atoms with E-state index < -0.39 is 26.2 Å². The van der Waals surface area contributed by atoms with E-state index in [1.54, 1.807) is 36.1 Å². The summed E-state index contributed by atoms with van der Waals surface area (Å²) < 4.78 is 24.2. The Kier molecular flexibility index (Phi) is 10.1. The second-order valence-electron chi connectivity index (χ2n) is 9.15. The molecule has 0 unspecified atom stereocenters. The number of ether oxygens (including phenoxy) is 1. The number of carbonyl (C=O) groups is 3. The third-order valence-electron chi connectivity index (χ3n) is 6.56. The van der Waals surface area contributed by atoms with Gasteiger partial charge in [-0.15, -0.1) is 0 Å². The minimum Gasteiger partial charge on any atom is -0.494 e. The van der Waals surface area contributed by atoms with Crippen LogP contribution in [0.4, 0.5) is 0 Å². The smallest absolute Gasteiger partial charge is 0.471 e. The number of Topliss-reactive ketones (excluding diaryl/α,β-unsaturated/α-hetero) is 1. The average molecular weight is 620 g/mol. The number of amides is 2. The lowest BCUT2D eigenvalue weighted by Crippen LogP contribution is -2.52. The monoisotopic (exact) mass is 619 g/mol. The van der Waals surface area contributed by atoms with Crippen LogP contribution >= 0.6 is 7.82 Å². The molecule has 1 aromatic carbocycles. The number of aromatic nitrogens is 5. The maximum Gasteiger partial charge on any atom is 0.471 e. The van der Waals surface area contributed by atoms with E-state index >= 15 is 0 Å². The maximum atomic E-state index is 13.6. The molecule has 0 bridgehead atoms. The summed E-state index contributed by atoms with van der Waals surface area (Å²) in [6, 6.07) is 8.78. The second-order valence-corrected chi connectivity index (χ2v) is 10.4. The Labute approximate surface area is 244 Å². The van der Waals surface area contributed by atoms with Crippen molar-refractivity contribution in [2.24, 2.45) is 0 Å². The quantitative estimate of drug-likeness (QED) is 0.145. The summed E-state index contributed by atoms with van der Waals surface area (Å²) in [5, 5.41) is 4.42. The number of pyridine rings is 1. The van der Waals surface area contributed by atoms with Crippen LogP contribution in [0.15, 0.2) is 49.1 Å². The van der Waals surface area contributed by atoms with Crippen molar-refractivity contribution in [3.8, 4) is 11.6 Å². The molecule has 4 aromatic rings. The highest BCUT2D eigenvalue weighted by atomic mass is 31.2. The van der Waals surface area contributed by atoms with Gasteiger partial charge in [0.15, 0.2) is 5.82 Å². The summed E-state index contributed by atoms with van der Waals surface area (Å²) >= 11 is 0. The molecule has 3 aromatic heterocycles. The fourth-order valence-corrected chi connectivity index (χ4v) is 4.88. The van der Waals surface area contributed by atoms with Crippen molar-refractivity contribution in [1.29, 1.82) is 0 Å². The number of ketones is 1. The third kappa shape index (κ3) is 6.77. The van der Waals surface area contributed by atoms with Gasteiger partial charge in [0.2, 0.25) is 0 Å². The number of rotatable bonds is 8. The Morgan fingerprint density at radius 3 is 2.23 bits per heavy atom. The molecule has 4 heterocycles. The van der Waals surface area contributed by atoms with E-state index in [1.165, 1.54) is 40.0 Å². The number of hydrogen-bond donors (Lipinski definition) is 2. The number of benzene rings is 1. The predicted octanol–water partition coefficient (Wildman–Crippen LogP) is -0.481. The average Bonchev–Trinajstić information content (AvgIpc) is 3.58. The molecule has 43 heavy (non-hydrogen) atoms. The molecule has 6 N–H and O–H groups in total. The van der Waals surface area contributed by atoms with Crippen molar-refractivity contribution in [2.75, 3.05) is 33.3 Å². The zero-order valence-corrected chi connectivity index (χ0v) is 24.0. The van der Waals surface area contributed by atoms with Gasteiger partial charge < -0.3 is 39.8 Å². The van der Waals surface area contributed by atoms with Crippen molar-refractivity contribution in [3.63, 3.8) is 0 Å². The second kappa shape index (κ2) is 13.2. The highest BCUT2D eigenvalue weighted by Crippen LogP contribution is 2.39. The van der Waals surface area contributed by atoms with Gasteiger partial charge in [-0.3, -0.25) is 18.9 Å². The summed E-state index contributed by atoms with van der Waals surface area (Å²) in [5.74, 6) is -1.11. The number of aryl methyl sites for hydroxylation is 1. The van der Waals surface area contributed by atoms with Gasteiger partial charge in [0, 0.05) is 37.9 Å². The van der Waals surface area contributed by atoms with Crippen LogP contribution in [0.2, 0.25) is 0 Å². The van der Waals surface area contributed by atoms with Crippen molar-refractivity contribution in [3.05, 3.63) is 66.0 Å². The molecular weight excluding hydrogens is 589 g/mol. The SMILES string of the molecule is COc1cnc(-n2cnc(C)n2)c2c1c(C(=O)C(=O)N1CCN(C(=O)c3ccccc3)CC1)cn2COP(=O)(O)O.O.O. The lowest BCUT2D eigenvalue weighted by Gasteiger charge is -2.34. The Balaban J connectivity index is 0.00000253. The van der Waals surface area contributed by atoms with Crippen LogP contribution < -0.4 is 4.74 Å². The zero-order chi connectivity index (χ0) is 29.3. The molecule has 17 nitrogen and oxygen atoms in total. The summed E-state index contributed by atoms with van der Waals surface area (Å²) in [7, 11) is -3.54. The van der Waals surface area contributed by atoms with Gasteiger partial charge in [0.25, 0.3) is 17.6 Å². The number of phosphoric acid groups is 1. The molecule has 230 valence electrons. The first kappa shape index (κ1) is 33.0. The lowest BCUT2D eigenvalue weighted by molar-refractivity contribution is -0.127. The zero-order valence-electron chi connectivity index (χ0n) is 23.1. The fourth-order valence-electron chi connectivity index (χ4n) is 4.61. The maximum absolute atomic E-state index is 13.6. The molecule has 18 heteroatoms. The topological polar surface area (TPSA) is 245 Å². The van der Waals surface area contributed by atoms with Gasteiger partial charge in [0.05, 0.1) is 24.3 Å². The molecule has 0 aliphatic carbocycles. The molecule has 5 rings (SSSR count). The van der Waals surface area contributed by atoms with Crippen LogP contribution in [-0.2, 0) is 20.6 Å². The fraction of sp³-hybridized carbons (Fsp3) is 0.280. The first-order valence-electron chi connectivity index (χ1n) is 12.4. The highest BCUT2D eigenvalue weighted by molar-refractivity contribution is 7.46. The predicted molar refractivity (Wildman–Crippen MR) is 150 cm³/mol. The molecule has 1 aliphatic heterocycles. The van der Waals surface area contributed by atoms with Gasteiger partial charge >= 0.3 is 7.82 Å². The largest absolute Gasteiger partial charge is 0.494 e. The van der Waals surface area contributed by atoms with Crippen LogP contribution in [-0.4, -0.2) is 106 Å². The van der Waals surface area contributed by atoms with Crippen LogP contribution in [0.5, 0.6) is 5.75 Å². The van der Waals surface area contributed by atoms with Crippen LogP contribution in [0.25, 0.3) is 16.7 Å². The summed E-state index contributed by atoms with van der Waals surface area (Å²) in [5.41, 5.74) is 0.629. The van der Waals surface area contributed by atoms with Gasteiger partial charge in [0.1, 0.15) is 30.1 Å². The molecule has 1 saturated heterocycles. The Bertz CT molecular complexity index is 1680. The van der Waals surface area contributed by atoms with E-state index in [1.807, 2.05) is 6.07 Å². The van der Waals surface area contributed by atoms with Crippen molar-refractivity contribution in [1.82, 2.24) is 34.1 Å². The molecule has 1 aliphatic rings. The van der Waals surface area contributed by atoms with Crippen LogP contribution in [0.3, 0.4) is 0 Å². The lowest BCUT2D eigenvalue weighted by atomic mass is 10.1. The number of piperazine rings is 1. The van der Waals surface area contributed by atoms with Crippen LogP contribution in [0, 0.1) is 6.92 Å². The Morgan fingerprint density at radius 1 is 1.00 bits per heavy atom. The first-order valence-corrected chi connectivity index (χ1v) is 13.9. The van der Waals surface area contributed by atoms with Crippen molar-refractivity contribution in [2.45, 2.75) is 13.7 Å². The standard InChI is InChI=1S/C25H26N7O8P.2H2O/c1-16-27-14-32(28-16)23-21-20(19(39-2)12-26-23)18(13-31(21)15-40-41(36,37)38)22(33)25(35)30-10-8-29(9-11-30)24(34)17-6-4-3-5-7-17;;/h3-7,12-14H,8-11,15H2,1-2H3,(H2,36,37,38);2*1H2. The minimum atomic E-state index is -4.90. The molecular formula is C25H30N7O10P. The van der Waals surface area contributed by atoms with Crippen LogP contribution in [0.1, 0.15) is 26.5 Å². The van der Waals surface area contributed by atoms with Crippen molar-refractivity contribution < 1.29 is 48.9 Å². The van der Waals surface area contributed by atoms with Gasteiger partial charge in [-0.2, -0.15) is 5.10 Å².